The summed E-state index contributed by atoms with van der Waals surface area (Å²) in [5.41, 5.74) is 6.37. The quantitative estimate of drug-likeness (QED) is 0.903. The Kier molecular flexibility index (Phi) is 3.79. The zero-order valence-electron chi connectivity index (χ0n) is 11.5. The molecule has 3 rings (SSSR count). The Bertz CT molecular complexity index is 633. The maximum atomic E-state index is 11.6. The summed E-state index contributed by atoms with van der Waals surface area (Å²) in [5.74, 6) is 0.910. The van der Waals surface area contributed by atoms with Gasteiger partial charge in [-0.15, -0.1) is 0 Å². The zero-order chi connectivity index (χ0) is 14.7. The first-order chi connectivity index (χ1) is 10.3. The van der Waals surface area contributed by atoms with Crippen molar-refractivity contribution in [2.45, 2.75) is 6.04 Å². The minimum Gasteiger partial charge on any atom is -0.377 e. The van der Waals surface area contributed by atoms with Crippen molar-refractivity contribution in [1.82, 2.24) is 9.97 Å². The summed E-state index contributed by atoms with van der Waals surface area (Å²) in [6.45, 7) is 1.42. The predicted octanol–water partition coefficient (Wildman–Crippen LogP) is 0.834. The lowest BCUT2D eigenvalue weighted by Crippen LogP contribution is -2.53. The SMILES string of the molecule is NC(=O)[C@H]1COCCN1c1ccnc(-c2ccccc2)n1. The molecule has 2 aromatic rings. The normalized spacial score (nSPS) is 18.5. The van der Waals surface area contributed by atoms with Crippen LogP contribution in [0, 0.1) is 0 Å². The van der Waals surface area contributed by atoms with Crippen LogP contribution in [0.5, 0.6) is 0 Å². The Morgan fingerprint density at radius 2 is 2.10 bits per heavy atom. The van der Waals surface area contributed by atoms with E-state index in [2.05, 4.69) is 9.97 Å². The van der Waals surface area contributed by atoms with Gasteiger partial charge in [0.15, 0.2) is 5.82 Å². The number of ether oxygens (including phenoxy) is 1. The van der Waals surface area contributed by atoms with Gasteiger partial charge in [0.2, 0.25) is 5.91 Å². The van der Waals surface area contributed by atoms with Gasteiger partial charge in [0.25, 0.3) is 0 Å². The standard InChI is InChI=1S/C15H16N4O2/c16-14(20)12-10-21-9-8-19(12)13-6-7-17-15(18-13)11-4-2-1-3-5-11/h1-7,12H,8-10H2,(H2,16,20)/t12-/m1/s1. The van der Waals surface area contributed by atoms with Gasteiger partial charge >= 0.3 is 0 Å². The molecule has 6 nitrogen and oxygen atoms in total. The number of hydrogen-bond acceptors (Lipinski definition) is 5. The van der Waals surface area contributed by atoms with Gasteiger partial charge in [-0.05, 0) is 6.07 Å². The lowest BCUT2D eigenvalue weighted by molar-refractivity contribution is -0.121. The number of primary amides is 1. The second-order valence-electron chi connectivity index (χ2n) is 4.79. The molecule has 0 saturated carbocycles. The van der Waals surface area contributed by atoms with Crippen LogP contribution >= 0.6 is 0 Å². The summed E-state index contributed by atoms with van der Waals surface area (Å²) < 4.78 is 5.32. The second-order valence-corrected chi connectivity index (χ2v) is 4.79. The van der Waals surface area contributed by atoms with E-state index in [1.54, 1.807) is 12.3 Å². The summed E-state index contributed by atoms with van der Waals surface area (Å²) in [7, 11) is 0. The molecule has 6 heteroatoms. The van der Waals surface area contributed by atoms with E-state index < -0.39 is 11.9 Å². The van der Waals surface area contributed by atoms with Gasteiger partial charge in [-0.25, -0.2) is 9.97 Å². The van der Waals surface area contributed by atoms with Crippen LogP contribution in [-0.2, 0) is 9.53 Å². The predicted molar refractivity (Wildman–Crippen MR) is 78.6 cm³/mol. The number of aromatic nitrogens is 2. The largest absolute Gasteiger partial charge is 0.377 e. The third-order valence-corrected chi connectivity index (χ3v) is 3.42. The van der Waals surface area contributed by atoms with E-state index >= 15 is 0 Å². The first-order valence-electron chi connectivity index (χ1n) is 6.78. The van der Waals surface area contributed by atoms with Gasteiger partial charge < -0.3 is 15.4 Å². The van der Waals surface area contributed by atoms with Gasteiger partial charge in [-0.1, -0.05) is 30.3 Å². The van der Waals surface area contributed by atoms with E-state index in [-0.39, 0.29) is 0 Å². The lowest BCUT2D eigenvalue weighted by atomic mass is 10.2. The minimum atomic E-state index is -0.489. The van der Waals surface area contributed by atoms with E-state index in [1.165, 1.54) is 0 Å². The van der Waals surface area contributed by atoms with Gasteiger partial charge in [-0.3, -0.25) is 4.79 Å². The molecule has 108 valence electrons. The summed E-state index contributed by atoms with van der Waals surface area (Å²) in [6.07, 6.45) is 1.69. The van der Waals surface area contributed by atoms with Crippen molar-refractivity contribution in [3.05, 3.63) is 42.6 Å². The molecule has 1 aliphatic rings. The van der Waals surface area contributed by atoms with E-state index in [1.807, 2.05) is 35.2 Å². The molecular formula is C15H16N4O2. The van der Waals surface area contributed by atoms with Crippen molar-refractivity contribution >= 4 is 11.7 Å². The summed E-state index contributed by atoms with van der Waals surface area (Å²) in [6, 6.07) is 11.0. The first-order valence-corrected chi connectivity index (χ1v) is 6.78. The summed E-state index contributed by atoms with van der Waals surface area (Å²) in [5, 5.41) is 0. The number of anilines is 1. The van der Waals surface area contributed by atoms with Gasteiger partial charge in [-0.2, -0.15) is 0 Å². The maximum Gasteiger partial charge on any atom is 0.242 e. The van der Waals surface area contributed by atoms with E-state index in [9.17, 15) is 4.79 Å². The molecule has 2 heterocycles. The fourth-order valence-corrected chi connectivity index (χ4v) is 2.35. The molecule has 1 amide bonds. The fraction of sp³-hybridized carbons (Fsp3) is 0.267. The van der Waals surface area contributed by atoms with Gasteiger partial charge in [0.1, 0.15) is 11.9 Å². The molecule has 1 aliphatic heterocycles. The molecule has 0 aliphatic carbocycles. The lowest BCUT2D eigenvalue weighted by Gasteiger charge is -2.34. The van der Waals surface area contributed by atoms with Gasteiger partial charge in [0, 0.05) is 18.3 Å². The van der Waals surface area contributed by atoms with Crippen molar-refractivity contribution in [1.29, 1.82) is 0 Å². The highest BCUT2D eigenvalue weighted by Crippen LogP contribution is 2.21. The molecular weight excluding hydrogens is 268 g/mol. The van der Waals surface area contributed by atoms with E-state index in [0.717, 1.165) is 5.56 Å². The Hall–Kier alpha value is -2.47. The van der Waals surface area contributed by atoms with Crippen molar-refractivity contribution in [2.24, 2.45) is 5.73 Å². The maximum absolute atomic E-state index is 11.6. The molecule has 0 radical (unpaired) electrons. The van der Waals surface area contributed by atoms with Crippen LogP contribution in [0.25, 0.3) is 11.4 Å². The van der Waals surface area contributed by atoms with Crippen LogP contribution in [0.4, 0.5) is 5.82 Å². The second kappa shape index (κ2) is 5.88. The number of nitrogens with zero attached hydrogens (tertiary/aromatic N) is 3. The van der Waals surface area contributed by atoms with Gasteiger partial charge in [0.05, 0.1) is 13.2 Å². The van der Waals surface area contributed by atoms with Crippen molar-refractivity contribution in [3.8, 4) is 11.4 Å². The molecule has 0 spiro atoms. The molecule has 2 N–H and O–H groups in total. The summed E-state index contributed by atoms with van der Waals surface area (Å²) >= 11 is 0. The number of rotatable bonds is 3. The number of carbonyl (C=O) groups is 1. The van der Waals surface area contributed by atoms with Crippen LogP contribution in [0.15, 0.2) is 42.6 Å². The molecule has 1 atom stereocenters. The topological polar surface area (TPSA) is 81.3 Å². The first kappa shape index (κ1) is 13.5. The third-order valence-electron chi connectivity index (χ3n) is 3.42. The number of morpholine rings is 1. The van der Waals surface area contributed by atoms with E-state index in [0.29, 0.717) is 31.4 Å². The minimum absolute atomic E-state index is 0.292. The van der Waals surface area contributed by atoms with E-state index in [4.69, 9.17) is 10.5 Å². The monoisotopic (exact) mass is 284 g/mol. The Labute approximate surface area is 122 Å². The molecule has 0 bridgehead atoms. The number of carbonyl (C=O) groups excluding carboxylic acids is 1. The molecule has 21 heavy (non-hydrogen) atoms. The Balaban J connectivity index is 1.93. The number of amides is 1. The molecule has 0 unspecified atom stereocenters. The van der Waals surface area contributed by atoms with Crippen LogP contribution in [0.1, 0.15) is 0 Å². The summed E-state index contributed by atoms with van der Waals surface area (Å²) in [4.78, 5) is 22.3. The number of nitrogens with two attached hydrogens (primary N) is 1. The molecule has 1 aromatic heterocycles. The Morgan fingerprint density at radius 3 is 2.86 bits per heavy atom. The van der Waals surface area contributed by atoms with Crippen molar-refractivity contribution in [3.63, 3.8) is 0 Å². The molecule has 1 aromatic carbocycles. The average Bonchev–Trinajstić information content (AvgIpc) is 2.56. The number of hydrogen-bond donors (Lipinski definition) is 1. The zero-order valence-corrected chi connectivity index (χ0v) is 11.5. The molecule has 1 fully saturated rings. The smallest absolute Gasteiger partial charge is 0.242 e. The Morgan fingerprint density at radius 1 is 1.29 bits per heavy atom. The average molecular weight is 284 g/mol. The highest BCUT2D eigenvalue weighted by atomic mass is 16.5. The van der Waals surface area contributed by atoms with Crippen LogP contribution < -0.4 is 10.6 Å². The molecule has 1 saturated heterocycles. The van der Waals surface area contributed by atoms with Crippen LogP contribution in [0.2, 0.25) is 0 Å². The highest BCUT2D eigenvalue weighted by molar-refractivity contribution is 5.83. The fourth-order valence-electron chi connectivity index (χ4n) is 2.35. The van der Waals surface area contributed by atoms with Crippen molar-refractivity contribution < 1.29 is 9.53 Å². The highest BCUT2D eigenvalue weighted by Gasteiger charge is 2.28. The third kappa shape index (κ3) is 2.85. The van der Waals surface area contributed by atoms with Crippen LogP contribution in [0.3, 0.4) is 0 Å². The van der Waals surface area contributed by atoms with Crippen LogP contribution in [-0.4, -0.2) is 41.7 Å². The number of benzene rings is 1. The van der Waals surface area contributed by atoms with Crippen molar-refractivity contribution in [2.75, 3.05) is 24.7 Å².